The summed E-state index contributed by atoms with van der Waals surface area (Å²) < 4.78 is 0. The molecule has 5 nitrogen and oxygen atoms in total. The van der Waals surface area contributed by atoms with Crippen molar-refractivity contribution in [3.05, 3.63) is 65.7 Å². The number of halogens is 1. The first kappa shape index (κ1) is 24.9. The number of aliphatic imine (C=N–C) groups is 1. The number of carbonyl (C=O) groups excluding carboxylic acids is 1. The van der Waals surface area contributed by atoms with Gasteiger partial charge in [0.2, 0.25) is 5.91 Å². The number of amides is 1. The zero-order valence-electron chi connectivity index (χ0n) is 17.7. The summed E-state index contributed by atoms with van der Waals surface area (Å²) in [4.78, 5) is 16.3. The topological polar surface area (TPSA) is 65.5 Å². The van der Waals surface area contributed by atoms with E-state index >= 15 is 0 Å². The molecule has 0 aliphatic carbocycles. The smallest absolute Gasteiger partial charge is 0.224 e. The van der Waals surface area contributed by atoms with Crippen LogP contribution in [0.2, 0.25) is 0 Å². The van der Waals surface area contributed by atoms with Gasteiger partial charge in [-0.3, -0.25) is 9.79 Å². The van der Waals surface area contributed by atoms with Gasteiger partial charge in [0, 0.05) is 32.2 Å². The summed E-state index contributed by atoms with van der Waals surface area (Å²) in [7, 11) is 1.77. The summed E-state index contributed by atoms with van der Waals surface area (Å²) >= 11 is 0. The molecule has 2 aromatic carbocycles. The van der Waals surface area contributed by atoms with Crippen LogP contribution >= 0.6 is 24.0 Å². The molecule has 0 aromatic heterocycles. The van der Waals surface area contributed by atoms with Gasteiger partial charge >= 0.3 is 0 Å². The van der Waals surface area contributed by atoms with Crippen LogP contribution < -0.4 is 16.0 Å². The number of benzene rings is 2. The normalized spacial score (nSPS) is 12.1. The second kappa shape index (κ2) is 13.2. The maximum atomic E-state index is 12.0. The molecule has 0 fully saturated rings. The monoisotopic (exact) mass is 508 g/mol. The zero-order valence-corrected chi connectivity index (χ0v) is 20.1. The van der Waals surface area contributed by atoms with Crippen LogP contribution in [0.1, 0.15) is 44.2 Å². The molecule has 1 unspecified atom stereocenters. The fourth-order valence-corrected chi connectivity index (χ4v) is 2.90. The Morgan fingerprint density at radius 2 is 1.72 bits per heavy atom. The van der Waals surface area contributed by atoms with Crippen LogP contribution in [0.15, 0.2) is 59.6 Å². The van der Waals surface area contributed by atoms with Gasteiger partial charge in [-0.05, 0) is 35.1 Å². The number of guanidine groups is 1. The second-order valence-corrected chi connectivity index (χ2v) is 7.46. The molecule has 0 saturated carbocycles. The lowest BCUT2D eigenvalue weighted by Crippen LogP contribution is -2.38. The Hall–Kier alpha value is -2.09. The third kappa shape index (κ3) is 9.30. The summed E-state index contributed by atoms with van der Waals surface area (Å²) in [5.74, 6) is 1.54. The van der Waals surface area contributed by atoms with Crippen molar-refractivity contribution in [2.45, 2.75) is 39.7 Å². The van der Waals surface area contributed by atoms with E-state index in [1.807, 2.05) is 44.2 Å². The Morgan fingerprint density at radius 1 is 1.00 bits per heavy atom. The van der Waals surface area contributed by atoms with Crippen molar-refractivity contribution >= 4 is 41.5 Å². The molecule has 0 radical (unpaired) electrons. The summed E-state index contributed by atoms with van der Waals surface area (Å²) in [5.41, 5.74) is 3.21. The average Bonchev–Trinajstić information content (AvgIpc) is 2.68. The summed E-state index contributed by atoms with van der Waals surface area (Å²) in [6.45, 7) is 7.70. The lowest BCUT2D eigenvalue weighted by Gasteiger charge is -2.16. The first-order chi connectivity index (χ1) is 13.5. The molecular weight excluding hydrogens is 475 g/mol. The molecule has 29 heavy (non-hydrogen) atoms. The predicted octanol–water partition coefficient (Wildman–Crippen LogP) is 4.76. The highest BCUT2D eigenvalue weighted by atomic mass is 127. The fraction of sp³-hybridized carbons (Fsp3) is 0.391. The minimum atomic E-state index is 0. The number of carbonyl (C=O) groups is 1. The number of anilines is 1. The lowest BCUT2D eigenvalue weighted by molar-refractivity contribution is -0.116. The van der Waals surface area contributed by atoms with Crippen molar-refractivity contribution in [1.82, 2.24) is 10.6 Å². The Balaban J connectivity index is 0.00000420. The van der Waals surface area contributed by atoms with Gasteiger partial charge in [0.15, 0.2) is 5.96 Å². The number of rotatable bonds is 8. The highest BCUT2D eigenvalue weighted by molar-refractivity contribution is 14.0. The molecule has 0 aliphatic heterocycles. The molecule has 158 valence electrons. The van der Waals surface area contributed by atoms with Gasteiger partial charge in [0.25, 0.3) is 0 Å². The number of nitrogens with zero attached hydrogens (tertiary/aromatic N) is 1. The van der Waals surface area contributed by atoms with Gasteiger partial charge in [-0.1, -0.05) is 63.2 Å². The van der Waals surface area contributed by atoms with Gasteiger partial charge < -0.3 is 16.0 Å². The Morgan fingerprint density at radius 3 is 2.38 bits per heavy atom. The molecule has 2 aromatic rings. The van der Waals surface area contributed by atoms with Crippen LogP contribution in [0.5, 0.6) is 0 Å². The Kier molecular flexibility index (Phi) is 11.3. The maximum absolute atomic E-state index is 12.0. The van der Waals surface area contributed by atoms with Gasteiger partial charge in [0.1, 0.15) is 0 Å². The van der Waals surface area contributed by atoms with Crippen LogP contribution in [0.25, 0.3) is 0 Å². The van der Waals surface area contributed by atoms with Crippen molar-refractivity contribution in [2.75, 3.05) is 18.9 Å². The highest BCUT2D eigenvalue weighted by Crippen LogP contribution is 2.14. The molecule has 0 saturated heterocycles. The third-order valence-corrected chi connectivity index (χ3v) is 4.43. The standard InChI is InChI=1S/C23H32N4O.HI/c1-17(2)13-22(28)27-21-12-8-9-19(14-21)16-26-23(24-4)25-15-18(3)20-10-6-5-7-11-20;/h5-12,14,17-18H,13,15-16H2,1-4H3,(H,27,28)(H2,24,25,26);1H. The van der Waals surface area contributed by atoms with E-state index < -0.39 is 0 Å². The molecule has 1 atom stereocenters. The zero-order chi connectivity index (χ0) is 20.4. The van der Waals surface area contributed by atoms with Gasteiger partial charge in [-0.2, -0.15) is 0 Å². The Bertz CT molecular complexity index is 777. The molecule has 0 aliphatic rings. The van der Waals surface area contributed by atoms with Crippen LogP contribution in [0.3, 0.4) is 0 Å². The van der Waals surface area contributed by atoms with Crippen LogP contribution in [0.4, 0.5) is 5.69 Å². The maximum Gasteiger partial charge on any atom is 0.224 e. The molecule has 0 spiro atoms. The SMILES string of the molecule is CN=C(NCc1cccc(NC(=O)CC(C)C)c1)NCC(C)c1ccccc1.I. The van der Waals surface area contributed by atoms with Gasteiger partial charge in [0.05, 0.1) is 0 Å². The van der Waals surface area contributed by atoms with E-state index in [0.29, 0.717) is 24.8 Å². The molecule has 2 rings (SSSR count). The summed E-state index contributed by atoms with van der Waals surface area (Å²) in [5, 5.41) is 9.67. The van der Waals surface area contributed by atoms with E-state index in [0.717, 1.165) is 23.8 Å². The van der Waals surface area contributed by atoms with Crippen LogP contribution in [-0.2, 0) is 11.3 Å². The molecular formula is C23H33IN4O. The van der Waals surface area contributed by atoms with E-state index in [4.69, 9.17) is 0 Å². The van der Waals surface area contributed by atoms with Crippen molar-refractivity contribution in [1.29, 1.82) is 0 Å². The van der Waals surface area contributed by atoms with Gasteiger partial charge in [-0.25, -0.2) is 0 Å². The van der Waals surface area contributed by atoms with E-state index in [-0.39, 0.29) is 29.9 Å². The van der Waals surface area contributed by atoms with Crippen molar-refractivity contribution in [3.63, 3.8) is 0 Å². The third-order valence-electron chi connectivity index (χ3n) is 4.43. The molecule has 1 amide bonds. The quantitative estimate of drug-likeness (QED) is 0.274. The number of nitrogens with one attached hydrogen (secondary N) is 3. The molecule has 3 N–H and O–H groups in total. The molecule has 0 heterocycles. The molecule has 6 heteroatoms. The van der Waals surface area contributed by atoms with Crippen molar-refractivity contribution < 1.29 is 4.79 Å². The number of hydrogen-bond acceptors (Lipinski definition) is 2. The van der Waals surface area contributed by atoms with Crippen molar-refractivity contribution in [2.24, 2.45) is 10.9 Å². The number of hydrogen-bond donors (Lipinski definition) is 3. The Labute approximate surface area is 191 Å². The van der Waals surface area contributed by atoms with E-state index in [9.17, 15) is 4.79 Å². The summed E-state index contributed by atoms with van der Waals surface area (Å²) in [6.07, 6.45) is 0.526. The van der Waals surface area contributed by atoms with E-state index in [2.05, 4.69) is 52.1 Å². The lowest BCUT2D eigenvalue weighted by atomic mass is 10.0. The summed E-state index contributed by atoms with van der Waals surface area (Å²) in [6, 6.07) is 18.3. The predicted molar refractivity (Wildman–Crippen MR) is 133 cm³/mol. The van der Waals surface area contributed by atoms with E-state index in [1.54, 1.807) is 7.05 Å². The fourth-order valence-electron chi connectivity index (χ4n) is 2.90. The average molecular weight is 508 g/mol. The first-order valence-electron chi connectivity index (χ1n) is 9.86. The minimum Gasteiger partial charge on any atom is -0.356 e. The first-order valence-corrected chi connectivity index (χ1v) is 9.86. The minimum absolute atomic E-state index is 0. The van der Waals surface area contributed by atoms with Crippen LogP contribution in [0, 0.1) is 5.92 Å². The van der Waals surface area contributed by atoms with Crippen LogP contribution in [-0.4, -0.2) is 25.5 Å². The van der Waals surface area contributed by atoms with E-state index in [1.165, 1.54) is 5.56 Å². The van der Waals surface area contributed by atoms with Crippen molar-refractivity contribution in [3.8, 4) is 0 Å². The largest absolute Gasteiger partial charge is 0.356 e. The van der Waals surface area contributed by atoms with Gasteiger partial charge in [-0.15, -0.1) is 24.0 Å². The second-order valence-electron chi connectivity index (χ2n) is 7.46. The molecule has 0 bridgehead atoms. The highest BCUT2D eigenvalue weighted by Gasteiger charge is 2.07.